The molecule has 2 heterocycles. The van der Waals surface area contributed by atoms with Gasteiger partial charge >= 0.3 is 6.09 Å². The number of aromatic nitrogens is 2. The number of nitrogens with zero attached hydrogens (tertiary/aromatic N) is 2. The fraction of sp³-hybridized carbons (Fsp3) is 0.176. The predicted molar refractivity (Wildman–Crippen MR) is 106 cm³/mol. The fourth-order valence-corrected chi connectivity index (χ4v) is 2.72. The molecule has 0 bridgehead atoms. The molecule has 0 saturated heterocycles. The first kappa shape index (κ1) is 20.3. The summed E-state index contributed by atoms with van der Waals surface area (Å²) in [6.45, 7) is -0.825. The highest BCUT2D eigenvalue weighted by Gasteiger charge is 2.15. The van der Waals surface area contributed by atoms with Gasteiger partial charge in [0.05, 0.1) is 24.0 Å². The number of aliphatic hydroxyl groups is 2. The number of hydroxylamine groups is 1. The third-order valence-corrected chi connectivity index (χ3v) is 4.25. The minimum atomic E-state index is -1.14. The van der Waals surface area contributed by atoms with E-state index in [1.807, 2.05) is 28.1 Å². The first-order chi connectivity index (χ1) is 13.5. The second-order valence-corrected chi connectivity index (χ2v) is 6.87. The van der Waals surface area contributed by atoms with Crippen molar-refractivity contribution in [1.82, 2.24) is 14.9 Å². The molecule has 0 aliphatic rings. The lowest BCUT2D eigenvalue weighted by Crippen LogP contribution is -2.32. The highest BCUT2D eigenvalue weighted by molar-refractivity contribution is 14.1. The third-order valence-electron chi connectivity index (χ3n) is 3.58. The summed E-state index contributed by atoms with van der Waals surface area (Å²) < 4.78 is 21.8. The van der Waals surface area contributed by atoms with Crippen molar-refractivity contribution in [3.63, 3.8) is 0 Å². The normalized spacial score (nSPS) is 12.0. The number of carbonyl (C=O) groups excluding carboxylic acids is 1. The molecule has 2 aromatic heterocycles. The fourth-order valence-electron chi connectivity index (χ4n) is 2.27. The average Bonchev–Trinajstić information content (AvgIpc) is 3.14. The number of aliphatic hydroxyl groups excluding tert-OH is 2. The lowest BCUT2D eigenvalue weighted by Gasteiger charge is -2.15. The van der Waals surface area contributed by atoms with Gasteiger partial charge in [-0.15, -0.1) is 0 Å². The summed E-state index contributed by atoms with van der Waals surface area (Å²) in [5, 5.41) is 20.8. The monoisotopic (exact) mass is 502 g/mol. The first-order valence-corrected chi connectivity index (χ1v) is 9.11. The minimum Gasteiger partial charge on any atom is -0.405 e. The Morgan fingerprint density at radius 2 is 2.18 bits per heavy atom. The second-order valence-electron chi connectivity index (χ2n) is 5.62. The second kappa shape index (κ2) is 9.14. The number of hydrogen-bond acceptors (Lipinski definition) is 7. The Hall–Kier alpha value is -2.48. The van der Waals surface area contributed by atoms with Gasteiger partial charge in [-0.25, -0.2) is 14.2 Å². The van der Waals surface area contributed by atoms with E-state index in [1.165, 1.54) is 18.5 Å². The summed E-state index contributed by atoms with van der Waals surface area (Å²) in [5.41, 5.74) is 2.87. The maximum Gasteiger partial charge on any atom is 0.436 e. The summed E-state index contributed by atoms with van der Waals surface area (Å²) >= 11 is 2.00. The molecule has 0 saturated carbocycles. The zero-order valence-corrected chi connectivity index (χ0v) is 16.5. The highest BCUT2D eigenvalue weighted by Crippen LogP contribution is 2.30. The largest absolute Gasteiger partial charge is 0.436 e. The molecular weight excluding hydrogens is 486 g/mol. The molecule has 1 aromatic carbocycles. The summed E-state index contributed by atoms with van der Waals surface area (Å²) in [6, 6.07) is 7.85. The van der Waals surface area contributed by atoms with Crippen molar-refractivity contribution in [2.24, 2.45) is 0 Å². The first-order valence-electron chi connectivity index (χ1n) is 8.03. The molecule has 0 unspecified atom stereocenters. The van der Waals surface area contributed by atoms with E-state index in [4.69, 9.17) is 14.7 Å². The summed E-state index contributed by atoms with van der Waals surface area (Å²) in [4.78, 5) is 20.7. The molecule has 0 spiro atoms. The van der Waals surface area contributed by atoms with Crippen molar-refractivity contribution in [2.45, 2.75) is 6.10 Å². The maximum absolute atomic E-state index is 14.3. The summed E-state index contributed by atoms with van der Waals surface area (Å²) in [5.74, 6) is -0.103. The predicted octanol–water partition coefficient (Wildman–Crippen LogP) is 2.19. The van der Waals surface area contributed by atoms with Crippen LogP contribution >= 0.6 is 22.6 Å². The van der Waals surface area contributed by atoms with Crippen molar-refractivity contribution < 1.29 is 29.0 Å². The van der Waals surface area contributed by atoms with Crippen LogP contribution in [0.4, 0.5) is 20.7 Å². The van der Waals surface area contributed by atoms with Crippen molar-refractivity contribution in [1.29, 1.82) is 0 Å². The Morgan fingerprint density at radius 3 is 2.93 bits per heavy atom. The van der Waals surface area contributed by atoms with Crippen molar-refractivity contribution >= 4 is 45.7 Å². The van der Waals surface area contributed by atoms with E-state index in [0.717, 1.165) is 3.57 Å². The summed E-state index contributed by atoms with van der Waals surface area (Å²) in [6.07, 6.45) is 0.985. The van der Waals surface area contributed by atoms with Gasteiger partial charge in [0, 0.05) is 3.57 Å². The van der Waals surface area contributed by atoms with E-state index in [0.29, 0.717) is 5.52 Å². The molecule has 11 heteroatoms. The lowest BCUT2D eigenvalue weighted by molar-refractivity contribution is -0.0290. The van der Waals surface area contributed by atoms with Crippen molar-refractivity contribution in [3.8, 4) is 5.75 Å². The van der Waals surface area contributed by atoms with Crippen LogP contribution in [0, 0.1) is 9.39 Å². The van der Waals surface area contributed by atoms with Crippen LogP contribution < -0.4 is 15.5 Å². The number of imidazole rings is 1. The van der Waals surface area contributed by atoms with Crippen LogP contribution in [0.1, 0.15) is 0 Å². The molecular formula is C17H16FIN4O5. The third kappa shape index (κ3) is 4.86. The van der Waals surface area contributed by atoms with Gasteiger partial charge in [0.2, 0.25) is 0 Å². The van der Waals surface area contributed by atoms with E-state index in [9.17, 15) is 14.3 Å². The number of halogens is 2. The van der Waals surface area contributed by atoms with Gasteiger partial charge in [-0.05, 0) is 52.9 Å². The average molecular weight is 502 g/mol. The highest BCUT2D eigenvalue weighted by atomic mass is 127. The Labute approximate surface area is 172 Å². The number of pyridine rings is 1. The van der Waals surface area contributed by atoms with Crippen LogP contribution in [0.25, 0.3) is 5.52 Å². The van der Waals surface area contributed by atoms with E-state index in [-0.39, 0.29) is 23.9 Å². The molecule has 0 radical (unpaired) electrons. The molecule has 0 aliphatic carbocycles. The van der Waals surface area contributed by atoms with Crippen LogP contribution in [0.15, 0.2) is 42.9 Å². The summed E-state index contributed by atoms with van der Waals surface area (Å²) in [7, 11) is 0. The molecule has 148 valence electrons. The van der Waals surface area contributed by atoms with E-state index in [2.05, 4.69) is 10.3 Å². The molecule has 4 N–H and O–H groups in total. The van der Waals surface area contributed by atoms with E-state index >= 15 is 0 Å². The topological polar surface area (TPSA) is 117 Å². The quantitative estimate of drug-likeness (QED) is 0.289. The van der Waals surface area contributed by atoms with Crippen LogP contribution in [0.2, 0.25) is 0 Å². The number of amides is 1. The van der Waals surface area contributed by atoms with Crippen LogP contribution in [0.5, 0.6) is 5.75 Å². The lowest BCUT2D eigenvalue weighted by atomic mass is 10.3. The standard InChI is InChI=1S/C17H16FIN4O5/c18-13-5-10(19)1-3-14(13)21-16-15(4-2-11-6-20-9-23(11)16)28-17(26)22-27-8-12(25)7-24/h1-6,9,12,21,24-25H,7-8H2,(H,22,26)/t12-/m1/s1. The van der Waals surface area contributed by atoms with Crippen molar-refractivity contribution in [3.05, 3.63) is 52.2 Å². The van der Waals surface area contributed by atoms with Gasteiger partial charge in [0.15, 0.2) is 11.6 Å². The maximum atomic E-state index is 14.3. The smallest absolute Gasteiger partial charge is 0.405 e. The van der Waals surface area contributed by atoms with Gasteiger partial charge in [0.25, 0.3) is 0 Å². The van der Waals surface area contributed by atoms with Gasteiger partial charge in [-0.3, -0.25) is 9.24 Å². The van der Waals surface area contributed by atoms with E-state index < -0.39 is 24.6 Å². The van der Waals surface area contributed by atoms with Crippen LogP contribution in [-0.4, -0.2) is 45.0 Å². The molecule has 28 heavy (non-hydrogen) atoms. The zero-order valence-electron chi connectivity index (χ0n) is 14.3. The Balaban J connectivity index is 1.82. The number of rotatable bonds is 7. The number of ether oxygens (including phenoxy) is 1. The molecule has 1 amide bonds. The Morgan fingerprint density at radius 1 is 1.36 bits per heavy atom. The number of carbonyl (C=O) groups is 1. The minimum absolute atomic E-state index is 0.0901. The Kier molecular flexibility index (Phi) is 6.61. The van der Waals surface area contributed by atoms with Crippen LogP contribution in [-0.2, 0) is 4.84 Å². The molecule has 3 rings (SSSR count). The Bertz CT molecular complexity index is 983. The molecule has 3 aromatic rings. The van der Waals surface area contributed by atoms with Gasteiger partial charge in [0.1, 0.15) is 24.9 Å². The van der Waals surface area contributed by atoms with Gasteiger partial charge in [-0.1, -0.05) is 0 Å². The number of benzene rings is 1. The molecule has 9 nitrogen and oxygen atoms in total. The molecule has 0 fully saturated rings. The number of nitrogens with one attached hydrogen (secondary N) is 2. The molecule has 1 atom stereocenters. The molecule has 0 aliphatic heterocycles. The zero-order chi connectivity index (χ0) is 20.1. The van der Waals surface area contributed by atoms with Crippen LogP contribution in [0.3, 0.4) is 0 Å². The number of anilines is 2. The SMILES string of the molecule is O=C(NOC[C@H](O)CO)Oc1ccc2cncn2c1Nc1ccc(I)cc1F. The van der Waals surface area contributed by atoms with Gasteiger partial charge in [-0.2, -0.15) is 5.48 Å². The van der Waals surface area contributed by atoms with Crippen molar-refractivity contribution in [2.75, 3.05) is 18.5 Å². The van der Waals surface area contributed by atoms with Gasteiger partial charge < -0.3 is 20.3 Å². The number of hydrogen-bond donors (Lipinski definition) is 4. The van der Waals surface area contributed by atoms with E-state index in [1.54, 1.807) is 28.8 Å². The number of fused-ring (bicyclic) bond motifs is 1.